The van der Waals surface area contributed by atoms with Crippen LogP contribution in [0.4, 0.5) is 5.82 Å². The number of hydrogen-bond donors (Lipinski definition) is 2. The number of nitrogens with zero attached hydrogens (tertiary/aromatic N) is 4. The van der Waals surface area contributed by atoms with Gasteiger partial charge < -0.3 is 15.5 Å². The average molecular weight is 488 g/mol. The molecule has 2 N–H and O–H groups in total. The van der Waals surface area contributed by atoms with Gasteiger partial charge in [0.2, 0.25) is 0 Å². The van der Waals surface area contributed by atoms with Crippen LogP contribution in [-0.4, -0.2) is 43.1 Å². The molecular formula is C18H29IN6S. The molecule has 2 rings (SSSR count). The number of aliphatic imine (C=N–C) groups is 1. The van der Waals surface area contributed by atoms with Gasteiger partial charge in [0.05, 0.1) is 17.2 Å². The fourth-order valence-electron chi connectivity index (χ4n) is 2.25. The van der Waals surface area contributed by atoms with E-state index in [1.165, 1.54) is 9.88 Å². The predicted octanol–water partition coefficient (Wildman–Crippen LogP) is 3.14. The topological polar surface area (TPSA) is 65.4 Å². The lowest BCUT2D eigenvalue weighted by Crippen LogP contribution is -2.38. The highest BCUT2D eigenvalue weighted by Crippen LogP contribution is 2.16. The molecule has 6 nitrogen and oxygen atoms in total. The van der Waals surface area contributed by atoms with Gasteiger partial charge in [0.1, 0.15) is 5.82 Å². The lowest BCUT2D eigenvalue weighted by Gasteiger charge is -2.13. The second kappa shape index (κ2) is 11.3. The molecule has 0 saturated carbocycles. The highest BCUT2D eigenvalue weighted by atomic mass is 127. The number of aryl methyl sites for hydroxylation is 2. The van der Waals surface area contributed by atoms with E-state index in [1.54, 1.807) is 11.3 Å². The Bertz CT molecular complexity index is 694. The van der Waals surface area contributed by atoms with Crippen molar-refractivity contribution in [2.24, 2.45) is 4.99 Å². The molecule has 0 amide bonds. The molecule has 26 heavy (non-hydrogen) atoms. The van der Waals surface area contributed by atoms with Crippen molar-refractivity contribution in [3.63, 3.8) is 0 Å². The summed E-state index contributed by atoms with van der Waals surface area (Å²) in [6.07, 6.45) is 2.73. The number of aromatic nitrogens is 2. The van der Waals surface area contributed by atoms with E-state index in [-0.39, 0.29) is 24.0 Å². The van der Waals surface area contributed by atoms with Crippen molar-refractivity contribution in [1.29, 1.82) is 0 Å². The SMILES string of the molecule is CCNC(=NCc1ccnc(N(C)C)c1)NCCc1nc(C)c(C)s1.I. The third-order valence-corrected chi connectivity index (χ3v) is 4.87. The summed E-state index contributed by atoms with van der Waals surface area (Å²) in [5.74, 6) is 1.77. The second-order valence-electron chi connectivity index (χ2n) is 6.04. The molecule has 0 saturated heterocycles. The second-order valence-corrected chi connectivity index (χ2v) is 7.33. The third kappa shape index (κ3) is 7.06. The highest BCUT2D eigenvalue weighted by Gasteiger charge is 2.04. The lowest BCUT2D eigenvalue weighted by molar-refractivity contribution is 0.795. The summed E-state index contributed by atoms with van der Waals surface area (Å²) in [5, 5.41) is 7.84. The zero-order valence-electron chi connectivity index (χ0n) is 16.2. The minimum Gasteiger partial charge on any atom is -0.363 e. The first kappa shape index (κ1) is 22.6. The Labute approximate surface area is 177 Å². The number of anilines is 1. The number of thiazole rings is 1. The van der Waals surface area contributed by atoms with Crippen molar-refractivity contribution in [2.75, 3.05) is 32.1 Å². The Morgan fingerprint density at radius 2 is 2.04 bits per heavy atom. The van der Waals surface area contributed by atoms with Gasteiger partial charge in [-0.2, -0.15) is 0 Å². The van der Waals surface area contributed by atoms with E-state index in [9.17, 15) is 0 Å². The number of hydrogen-bond acceptors (Lipinski definition) is 5. The molecule has 0 aromatic carbocycles. The van der Waals surface area contributed by atoms with E-state index >= 15 is 0 Å². The van der Waals surface area contributed by atoms with Gasteiger partial charge in [0.25, 0.3) is 0 Å². The summed E-state index contributed by atoms with van der Waals surface area (Å²) in [6.45, 7) is 8.52. The zero-order valence-corrected chi connectivity index (χ0v) is 19.3. The molecule has 0 radical (unpaired) electrons. The number of halogens is 1. The van der Waals surface area contributed by atoms with Crippen molar-refractivity contribution in [3.05, 3.63) is 39.5 Å². The molecule has 2 aromatic heterocycles. The molecule has 0 fully saturated rings. The zero-order chi connectivity index (χ0) is 18.2. The largest absolute Gasteiger partial charge is 0.363 e. The molecule has 0 aliphatic carbocycles. The van der Waals surface area contributed by atoms with Crippen LogP contribution >= 0.6 is 35.3 Å². The van der Waals surface area contributed by atoms with Crippen LogP contribution in [0.2, 0.25) is 0 Å². The van der Waals surface area contributed by atoms with Crippen molar-refractivity contribution < 1.29 is 0 Å². The van der Waals surface area contributed by atoms with Crippen LogP contribution in [0.3, 0.4) is 0 Å². The first-order valence-electron chi connectivity index (χ1n) is 8.57. The van der Waals surface area contributed by atoms with Gasteiger partial charge in [-0.3, -0.25) is 0 Å². The maximum absolute atomic E-state index is 4.67. The van der Waals surface area contributed by atoms with E-state index < -0.39 is 0 Å². The maximum atomic E-state index is 4.67. The first-order chi connectivity index (χ1) is 12.0. The van der Waals surface area contributed by atoms with Crippen molar-refractivity contribution >= 4 is 47.1 Å². The van der Waals surface area contributed by atoms with Crippen molar-refractivity contribution in [2.45, 2.75) is 33.7 Å². The van der Waals surface area contributed by atoms with Gasteiger partial charge in [0, 0.05) is 44.7 Å². The van der Waals surface area contributed by atoms with Gasteiger partial charge in [-0.05, 0) is 38.5 Å². The lowest BCUT2D eigenvalue weighted by atomic mass is 10.2. The summed E-state index contributed by atoms with van der Waals surface area (Å²) in [6, 6.07) is 4.06. The van der Waals surface area contributed by atoms with Crippen LogP contribution in [0.5, 0.6) is 0 Å². The van der Waals surface area contributed by atoms with Crippen LogP contribution in [-0.2, 0) is 13.0 Å². The molecule has 0 atom stereocenters. The van der Waals surface area contributed by atoms with Gasteiger partial charge >= 0.3 is 0 Å². The van der Waals surface area contributed by atoms with Gasteiger partial charge in [-0.1, -0.05) is 0 Å². The fourth-order valence-corrected chi connectivity index (χ4v) is 3.18. The Balaban J connectivity index is 0.00000338. The third-order valence-electron chi connectivity index (χ3n) is 3.74. The molecule has 2 aromatic rings. The maximum Gasteiger partial charge on any atom is 0.191 e. The van der Waals surface area contributed by atoms with Crippen molar-refractivity contribution in [3.8, 4) is 0 Å². The molecular weight excluding hydrogens is 459 g/mol. The number of guanidine groups is 1. The Morgan fingerprint density at radius 3 is 2.65 bits per heavy atom. The van der Waals surface area contributed by atoms with E-state index in [1.807, 2.05) is 31.3 Å². The molecule has 0 bridgehead atoms. The minimum atomic E-state index is 0. The molecule has 8 heteroatoms. The van der Waals surface area contributed by atoms with E-state index in [2.05, 4.69) is 52.4 Å². The van der Waals surface area contributed by atoms with Gasteiger partial charge in [-0.25, -0.2) is 15.0 Å². The predicted molar refractivity (Wildman–Crippen MR) is 122 cm³/mol. The van der Waals surface area contributed by atoms with Crippen LogP contribution in [0.15, 0.2) is 23.3 Å². The summed E-state index contributed by atoms with van der Waals surface area (Å²) in [7, 11) is 3.98. The summed E-state index contributed by atoms with van der Waals surface area (Å²) in [5.41, 5.74) is 2.28. The van der Waals surface area contributed by atoms with Crippen molar-refractivity contribution in [1.82, 2.24) is 20.6 Å². The van der Waals surface area contributed by atoms with Crippen LogP contribution < -0.4 is 15.5 Å². The Hall–Kier alpha value is -1.42. The molecule has 0 unspecified atom stereocenters. The van der Waals surface area contributed by atoms with Gasteiger partial charge in [0.15, 0.2) is 5.96 Å². The van der Waals surface area contributed by atoms with E-state index in [0.717, 1.165) is 42.5 Å². The fraction of sp³-hybridized carbons (Fsp3) is 0.500. The summed E-state index contributed by atoms with van der Waals surface area (Å²) < 4.78 is 0. The Morgan fingerprint density at radius 1 is 1.27 bits per heavy atom. The average Bonchev–Trinajstić information content (AvgIpc) is 2.91. The standard InChI is InChI=1S/C18H28N6S.HI/c1-6-19-18(21-10-8-17-23-13(2)14(3)25-17)22-12-15-7-9-20-16(11-15)24(4)5;/h7,9,11H,6,8,10,12H2,1-5H3,(H2,19,21,22);1H. The summed E-state index contributed by atoms with van der Waals surface area (Å²) >= 11 is 1.77. The minimum absolute atomic E-state index is 0. The number of nitrogens with one attached hydrogen (secondary N) is 2. The smallest absolute Gasteiger partial charge is 0.191 e. The molecule has 144 valence electrons. The quantitative estimate of drug-likeness (QED) is 0.356. The highest BCUT2D eigenvalue weighted by molar-refractivity contribution is 14.0. The molecule has 0 spiro atoms. The van der Waals surface area contributed by atoms with E-state index in [4.69, 9.17) is 0 Å². The summed E-state index contributed by atoms with van der Waals surface area (Å²) in [4.78, 5) is 16.9. The molecule has 0 aliphatic heterocycles. The molecule has 0 aliphatic rings. The number of pyridine rings is 1. The van der Waals surface area contributed by atoms with Gasteiger partial charge in [-0.15, -0.1) is 35.3 Å². The Kier molecular flexibility index (Phi) is 9.85. The van der Waals surface area contributed by atoms with Crippen LogP contribution in [0.25, 0.3) is 0 Å². The van der Waals surface area contributed by atoms with Crippen LogP contribution in [0, 0.1) is 13.8 Å². The molecule has 2 heterocycles. The first-order valence-corrected chi connectivity index (χ1v) is 9.38. The normalized spacial score (nSPS) is 11.0. The monoisotopic (exact) mass is 488 g/mol. The number of rotatable bonds is 7. The van der Waals surface area contributed by atoms with E-state index in [0.29, 0.717) is 6.54 Å². The van der Waals surface area contributed by atoms with Crippen LogP contribution in [0.1, 0.15) is 28.1 Å².